The van der Waals surface area contributed by atoms with E-state index in [9.17, 15) is 9.59 Å². The quantitative estimate of drug-likeness (QED) is 0.325. The Morgan fingerprint density at radius 2 is 1.90 bits per heavy atom. The topological polar surface area (TPSA) is 72.8 Å². The van der Waals surface area contributed by atoms with E-state index in [-0.39, 0.29) is 0 Å². The molecule has 10 heavy (non-hydrogen) atoms. The highest BCUT2D eigenvalue weighted by Crippen LogP contribution is 2.16. The van der Waals surface area contributed by atoms with E-state index in [1.807, 2.05) is 0 Å². The first-order valence-corrected chi connectivity index (χ1v) is 2.41. The van der Waals surface area contributed by atoms with Crippen molar-refractivity contribution in [3.05, 3.63) is 20.4 Å². The number of rotatable bonds is 2. The minimum absolute atomic E-state index is 0.424. The standard InChI is InChI=1S/C5H4O5/c1-9-10-5-3(7)2(6)4(5)8/h7H,1H3. The molecule has 0 saturated carbocycles. The summed E-state index contributed by atoms with van der Waals surface area (Å²) in [7, 11) is 1.16. The molecule has 0 aromatic heterocycles. The van der Waals surface area contributed by atoms with Crippen LogP contribution in [0.1, 0.15) is 0 Å². The predicted octanol–water partition coefficient (Wildman–Crippen LogP) is -1.07. The summed E-state index contributed by atoms with van der Waals surface area (Å²) in [5, 5.41) is 8.58. The van der Waals surface area contributed by atoms with Crippen LogP contribution in [-0.4, -0.2) is 12.2 Å². The molecule has 1 rings (SSSR count). The van der Waals surface area contributed by atoms with Gasteiger partial charge in [-0.1, -0.05) is 0 Å². The molecule has 0 atom stereocenters. The van der Waals surface area contributed by atoms with Gasteiger partial charge in [-0.05, 0) is 0 Å². The Labute approximate surface area is 55.0 Å². The molecule has 0 spiro atoms. The first kappa shape index (κ1) is 6.76. The molecule has 1 aromatic carbocycles. The van der Waals surface area contributed by atoms with Crippen LogP contribution in [0.15, 0.2) is 9.59 Å². The largest absolute Gasteiger partial charge is 0.501 e. The summed E-state index contributed by atoms with van der Waals surface area (Å²) in [5.74, 6) is -1.10. The van der Waals surface area contributed by atoms with Gasteiger partial charge in [0.15, 0.2) is 0 Å². The van der Waals surface area contributed by atoms with Crippen LogP contribution >= 0.6 is 0 Å². The minimum Gasteiger partial charge on any atom is -0.501 e. The molecule has 0 aliphatic rings. The molecule has 1 aromatic rings. The fourth-order valence-corrected chi connectivity index (χ4v) is 0.519. The minimum atomic E-state index is -0.938. The van der Waals surface area contributed by atoms with Gasteiger partial charge in [0.25, 0.3) is 16.6 Å². The second-order valence-electron chi connectivity index (χ2n) is 1.59. The van der Waals surface area contributed by atoms with Gasteiger partial charge in [-0.15, -0.1) is 0 Å². The molecule has 5 nitrogen and oxygen atoms in total. The van der Waals surface area contributed by atoms with Crippen LogP contribution in [0.25, 0.3) is 0 Å². The Balaban J connectivity index is 2.99. The summed E-state index contributed by atoms with van der Waals surface area (Å²) in [6.07, 6.45) is 0. The lowest BCUT2D eigenvalue weighted by atomic mass is 10.2. The Kier molecular flexibility index (Phi) is 1.42. The predicted molar refractivity (Wildman–Crippen MR) is 30.7 cm³/mol. The summed E-state index contributed by atoms with van der Waals surface area (Å²) in [4.78, 5) is 28.8. The molecule has 54 valence electrons. The third-order valence-corrected chi connectivity index (χ3v) is 1.01. The van der Waals surface area contributed by atoms with E-state index in [4.69, 9.17) is 5.11 Å². The molecule has 1 N–H and O–H groups in total. The third kappa shape index (κ3) is 0.679. The number of hydrogen-bond acceptors (Lipinski definition) is 5. The SMILES string of the molecule is COOc1c(O)c(=O)c1=O. The average molecular weight is 144 g/mol. The average Bonchev–Trinajstić information content (AvgIpc) is 1.98. The van der Waals surface area contributed by atoms with Gasteiger partial charge in [-0.3, -0.25) is 9.59 Å². The number of aromatic hydroxyl groups is 1. The molecule has 0 unspecified atom stereocenters. The zero-order valence-corrected chi connectivity index (χ0v) is 5.08. The Hall–Kier alpha value is -1.36. The van der Waals surface area contributed by atoms with Crippen LogP contribution < -0.4 is 15.7 Å². The fraction of sp³-hybridized carbons (Fsp3) is 0.200. The lowest BCUT2D eigenvalue weighted by molar-refractivity contribution is -0.181. The van der Waals surface area contributed by atoms with Gasteiger partial charge >= 0.3 is 0 Å². The molecular formula is C5H4O5. The Bertz CT molecular complexity index is 306. The van der Waals surface area contributed by atoms with Crippen molar-refractivity contribution in [2.75, 3.05) is 7.11 Å². The molecule has 0 bridgehead atoms. The lowest BCUT2D eigenvalue weighted by Crippen LogP contribution is -2.31. The van der Waals surface area contributed by atoms with Gasteiger partial charge < -0.3 is 9.99 Å². The zero-order valence-electron chi connectivity index (χ0n) is 5.08. The maximum absolute atomic E-state index is 10.4. The van der Waals surface area contributed by atoms with Gasteiger partial charge in [0.1, 0.15) is 0 Å². The van der Waals surface area contributed by atoms with E-state index < -0.39 is 22.4 Å². The van der Waals surface area contributed by atoms with Crippen LogP contribution in [0.3, 0.4) is 0 Å². The monoisotopic (exact) mass is 144 g/mol. The van der Waals surface area contributed by atoms with E-state index >= 15 is 0 Å². The molecular weight excluding hydrogens is 140 g/mol. The van der Waals surface area contributed by atoms with Gasteiger partial charge in [0, 0.05) is 0 Å². The summed E-state index contributed by atoms with van der Waals surface area (Å²) >= 11 is 0. The van der Waals surface area contributed by atoms with E-state index in [1.165, 1.54) is 0 Å². The Morgan fingerprint density at radius 3 is 2.30 bits per heavy atom. The first-order valence-electron chi connectivity index (χ1n) is 2.41. The van der Waals surface area contributed by atoms with E-state index in [1.54, 1.807) is 0 Å². The van der Waals surface area contributed by atoms with Crippen molar-refractivity contribution in [1.82, 2.24) is 0 Å². The molecule has 0 aliphatic heterocycles. The maximum atomic E-state index is 10.4. The molecule has 0 amide bonds. The van der Waals surface area contributed by atoms with Crippen LogP contribution in [0.2, 0.25) is 0 Å². The highest BCUT2D eigenvalue weighted by Gasteiger charge is 2.22. The first-order chi connectivity index (χ1) is 4.68. The summed E-state index contributed by atoms with van der Waals surface area (Å²) in [6.45, 7) is 0. The number of hydrogen-bond donors (Lipinski definition) is 1. The maximum Gasteiger partial charge on any atom is 0.279 e. The van der Waals surface area contributed by atoms with Crippen molar-refractivity contribution in [3.63, 3.8) is 0 Å². The highest BCUT2D eigenvalue weighted by atomic mass is 17.2. The van der Waals surface area contributed by atoms with Crippen molar-refractivity contribution >= 4 is 0 Å². The van der Waals surface area contributed by atoms with E-state index in [0.717, 1.165) is 7.11 Å². The normalized spacial score (nSPS) is 10.1. The Morgan fingerprint density at radius 1 is 1.30 bits per heavy atom. The zero-order chi connectivity index (χ0) is 7.72. The van der Waals surface area contributed by atoms with Gasteiger partial charge in [0.2, 0.25) is 5.75 Å². The van der Waals surface area contributed by atoms with Gasteiger partial charge in [0.05, 0.1) is 7.11 Å². The van der Waals surface area contributed by atoms with Crippen molar-refractivity contribution in [1.29, 1.82) is 0 Å². The van der Waals surface area contributed by atoms with Crippen LogP contribution in [0.4, 0.5) is 0 Å². The lowest BCUT2D eigenvalue weighted by Gasteiger charge is -2.01. The third-order valence-electron chi connectivity index (χ3n) is 1.01. The fourth-order valence-electron chi connectivity index (χ4n) is 0.519. The van der Waals surface area contributed by atoms with Crippen LogP contribution in [-0.2, 0) is 4.89 Å². The molecule has 0 radical (unpaired) electrons. The highest BCUT2D eigenvalue weighted by molar-refractivity contribution is 5.43. The van der Waals surface area contributed by atoms with Gasteiger partial charge in [-0.2, -0.15) is 4.89 Å². The van der Waals surface area contributed by atoms with Gasteiger partial charge in [-0.25, -0.2) is 0 Å². The van der Waals surface area contributed by atoms with Crippen molar-refractivity contribution in [3.8, 4) is 11.5 Å². The summed E-state index contributed by atoms with van der Waals surface area (Å²) in [6, 6.07) is 0. The summed E-state index contributed by atoms with van der Waals surface area (Å²) in [5.41, 5.74) is -1.80. The molecule has 5 heteroatoms. The second-order valence-corrected chi connectivity index (χ2v) is 1.59. The molecule has 0 saturated heterocycles. The smallest absolute Gasteiger partial charge is 0.279 e. The van der Waals surface area contributed by atoms with Crippen LogP contribution in [0.5, 0.6) is 11.5 Å². The van der Waals surface area contributed by atoms with E-state index in [2.05, 4.69) is 9.78 Å². The van der Waals surface area contributed by atoms with Crippen molar-refractivity contribution < 1.29 is 14.9 Å². The van der Waals surface area contributed by atoms with Crippen LogP contribution in [0, 0.1) is 0 Å². The molecule has 0 aliphatic carbocycles. The van der Waals surface area contributed by atoms with Crippen molar-refractivity contribution in [2.45, 2.75) is 0 Å². The molecule has 0 heterocycles. The summed E-state index contributed by atoms with van der Waals surface area (Å²) < 4.78 is 0. The molecule has 0 fully saturated rings. The van der Waals surface area contributed by atoms with E-state index in [0.29, 0.717) is 0 Å². The van der Waals surface area contributed by atoms with Crippen molar-refractivity contribution in [2.24, 2.45) is 0 Å². The second kappa shape index (κ2) is 2.11.